The summed E-state index contributed by atoms with van der Waals surface area (Å²) in [5.74, 6) is -2.33. The van der Waals surface area contributed by atoms with Gasteiger partial charge in [-0.1, -0.05) is 5.16 Å². The van der Waals surface area contributed by atoms with E-state index in [0.29, 0.717) is 22.4 Å². The number of carbonyl (C=O) groups excluding carboxylic acids is 3. The van der Waals surface area contributed by atoms with Gasteiger partial charge in [-0.05, 0) is 0 Å². The fourth-order valence-electron chi connectivity index (χ4n) is 3.90. The average molecular weight is 483 g/mol. The van der Waals surface area contributed by atoms with Gasteiger partial charge in [0.15, 0.2) is 10.8 Å². The highest BCUT2D eigenvalue weighted by molar-refractivity contribution is 8.00. The summed E-state index contributed by atoms with van der Waals surface area (Å²) in [6, 6.07) is -0.932. The molecule has 3 N–H and O–H groups in total. The number of nitrogen functional groups attached to an aromatic ring is 1. The van der Waals surface area contributed by atoms with Crippen molar-refractivity contribution in [2.45, 2.75) is 23.9 Å². The fraction of sp³-hybridized carbons (Fsp3) is 0.500. The second-order valence-corrected chi connectivity index (χ2v) is 9.89. The lowest BCUT2D eigenvalue weighted by molar-refractivity contribution is -1.06. The van der Waals surface area contributed by atoms with E-state index in [1.807, 2.05) is 14.1 Å². The maximum Gasteiger partial charge on any atom is 0.276 e. The van der Waals surface area contributed by atoms with Crippen LogP contribution in [0.2, 0.25) is 0 Å². The quantitative estimate of drug-likeness (QED) is 0.208. The van der Waals surface area contributed by atoms with Crippen LogP contribution in [-0.2, 0) is 24.1 Å². The molecule has 2 fully saturated rings. The zero-order chi connectivity index (χ0) is 23.2. The number of thioether (sulfide) groups is 1. The van der Waals surface area contributed by atoms with Gasteiger partial charge in [0, 0.05) is 23.1 Å². The summed E-state index contributed by atoms with van der Waals surface area (Å²) in [5.41, 5.74) is 6.05. The van der Waals surface area contributed by atoms with E-state index in [-0.39, 0.29) is 22.2 Å². The van der Waals surface area contributed by atoms with Crippen molar-refractivity contribution < 1.29 is 33.8 Å². The number of aromatic nitrogens is 1. The zero-order valence-electron chi connectivity index (χ0n) is 17.6. The second kappa shape index (κ2) is 8.35. The fourth-order valence-corrected chi connectivity index (χ4v) is 5.85. The molecule has 2 unspecified atom stereocenters. The van der Waals surface area contributed by atoms with Crippen LogP contribution in [0.25, 0.3) is 0 Å². The molecule has 0 spiro atoms. The van der Waals surface area contributed by atoms with Crippen LogP contribution in [-0.4, -0.2) is 89.0 Å². The Labute approximate surface area is 191 Å². The summed E-state index contributed by atoms with van der Waals surface area (Å²) in [6.07, 6.45) is 0.225. The third-order valence-electron chi connectivity index (χ3n) is 5.37. The number of anilines is 1. The van der Waals surface area contributed by atoms with Crippen LogP contribution in [0.15, 0.2) is 21.8 Å². The Bertz CT molecular complexity index is 1040. The Kier molecular flexibility index (Phi) is 5.87. The van der Waals surface area contributed by atoms with E-state index in [2.05, 4.69) is 15.5 Å². The van der Waals surface area contributed by atoms with E-state index in [9.17, 15) is 19.5 Å². The highest BCUT2D eigenvalue weighted by atomic mass is 32.2. The molecule has 3 aliphatic rings. The molecule has 1 aromatic heterocycles. The number of carboxylic acid groups (broad SMARTS) is 1. The standard InChI is InChI=1S/C18H22N6O6S2/c1-24(2)5-4-10(30-24)8-6-31-16-12(15(26)23(16)13(8)17(27)28)21-14(25)11(22-29-3)9-7-32-18(19)20-9/h7,10,12,16H,4-6H2,1-3H3,(H3-,19,20,21,25,27,28)/b22-11-/t10-,12?,16?/m1/s1. The number of amides is 2. The van der Waals surface area contributed by atoms with Gasteiger partial charge in [0.1, 0.15) is 36.9 Å². The van der Waals surface area contributed by atoms with Crippen molar-refractivity contribution in [2.75, 3.05) is 39.2 Å². The van der Waals surface area contributed by atoms with Crippen molar-refractivity contribution >= 4 is 51.7 Å². The Balaban J connectivity index is 1.53. The van der Waals surface area contributed by atoms with Crippen molar-refractivity contribution in [3.63, 3.8) is 0 Å². The predicted molar refractivity (Wildman–Crippen MR) is 114 cm³/mol. The Morgan fingerprint density at radius 3 is 2.78 bits per heavy atom. The lowest BCUT2D eigenvalue weighted by atomic mass is 9.99. The summed E-state index contributed by atoms with van der Waals surface area (Å²) >= 11 is 2.49. The Morgan fingerprint density at radius 1 is 1.47 bits per heavy atom. The number of oxime groups is 1. The van der Waals surface area contributed by atoms with Crippen LogP contribution in [0.5, 0.6) is 0 Å². The van der Waals surface area contributed by atoms with Crippen molar-refractivity contribution in [1.82, 2.24) is 15.2 Å². The van der Waals surface area contributed by atoms with Crippen LogP contribution in [0, 0.1) is 0 Å². The minimum absolute atomic E-state index is 0.136. The number of carboxylic acids is 1. The average Bonchev–Trinajstić information content (AvgIpc) is 3.33. The van der Waals surface area contributed by atoms with E-state index < -0.39 is 35.3 Å². The first-order valence-electron chi connectivity index (χ1n) is 9.67. The molecular weight excluding hydrogens is 460 g/mol. The molecule has 4 rings (SSSR count). The van der Waals surface area contributed by atoms with Crippen molar-refractivity contribution in [2.24, 2.45) is 5.16 Å². The van der Waals surface area contributed by atoms with Crippen LogP contribution >= 0.6 is 23.1 Å². The number of nitrogens with one attached hydrogen (secondary N) is 1. The van der Waals surface area contributed by atoms with Crippen molar-refractivity contribution in [1.29, 1.82) is 0 Å². The van der Waals surface area contributed by atoms with E-state index in [4.69, 9.17) is 15.4 Å². The van der Waals surface area contributed by atoms with Crippen molar-refractivity contribution in [3.05, 3.63) is 22.3 Å². The predicted octanol–water partition coefficient (Wildman–Crippen LogP) is -1.74. The summed E-state index contributed by atoms with van der Waals surface area (Å²) in [5, 5.41) is 19.5. The van der Waals surface area contributed by atoms with Crippen LogP contribution in [0.1, 0.15) is 12.1 Å². The number of aliphatic carboxylic acids is 1. The number of nitrogens with zero attached hydrogens (tertiary/aromatic N) is 4. The molecule has 2 saturated heterocycles. The minimum atomic E-state index is -1.44. The molecule has 2 amide bonds. The number of β-lactam (4-membered cyclic amide) rings is 1. The van der Waals surface area contributed by atoms with Gasteiger partial charge in [-0.2, -0.15) is 9.48 Å². The summed E-state index contributed by atoms with van der Waals surface area (Å²) < 4.78 is 0.304. The minimum Gasteiger partial charge on any atom is -0.543 e. The van der Waals surface area contributed by atoms with Gasteiger partial charge >= 0.3 is 0 Å². The monoisotopic (exact) mass is 482 g/mol. The smallest absolute Gasteiger partial charge is 0.276 e. The number of fused-ring (bicyclic) bond motifs is 1. The first-order valence-corrected chi connectivity index (χ1v) is 11.6. The maximum atomic E-state index is 12.9. The lowest BCUT2D eigenvalue weighted by Crippen LogP contribution is -2.71. The topological polar surface area (TPSA) is 159 Å². The highest BCUT2D eigenvalue weighted by Gasteiger charge is 2.54. The molecule has 32 heavy (non-hydrogen) atoms. The molecule has 12 nitrogen and oxygen atoms in total. The van der Waals surface area contributed by atoms with Gasteiger partial charge in [0.05, 0.1) is 25.8 Å². The number of quaternary nitrogens is 1. The highest BCUT2D eigenvalue weighted by Crippen LogP contribution is 2.43. The van der Waals surface area contributed by atoms with Gasteiger partial charge in [0.2, 0.25) is 0 Å². The normalized spacial score (nSPS) is 27.1. The first-order chi connectivity index (χ1) is 15.1. The molecule has 4 heterocycles. The molecule has 0 aliphatic carbocycles. The number of nitrogens with two attached hydrogens (primary N) is 1. The molecular formula is C18H22N6O6S2. The number of hydroxylamine groups is 3. The van der Waals surface area contributed by atoms with Crippen LogP contribution in [0.4, 0.5) is 5.13 Å². The molecule has 0 bridgehead atoms. The molecule has 3 atom stereocenters. The molecule has 0 radical (unpaired) electrons. The second-order valence-electron chi connectivity index (χ2n) is 7.90. The zero-order valence-corrected chi connectivity index (χ0v) is 19.2. The van der Waals surface area contributed by atoms with Gasteiger partial charge in [-0.25, -0.2) is 4.98 Å². The summed E-state index contributed by atoms with van der Waals surface area (Å²) in [4.78, 5) is 53.5. The number of thiazole rings is 1. The number of hydrogen-bond acceptors (Lipinski definition) is 11. The van der Waals surface area contributed by atoms with E-state index in [1.165, 1.54) is 23.8 Å². The van der Waals surface area contributed by atoms with Crippen LogP contribution in [0.3, 0.4) is 0 Å². The van der Waals surface area contributed by atoms with Crippen LogP contribution < -0.4 is 16.2 Å². The van der Waals surface area contributed by atoms with E-state index >= 15 is 0 Å². The lowest BCUT2D eigenvalue weighted by Gasteiger charge is -2.51. The molecule has 14 heteroatoms. The van der Waals surface area contributed by atoms with Gasteiger partial charge < -0.3 is 25.8 Å². The molecule has 172 valence electrons. The van der Waals surface area contributed by atoms with Gasteiger partial charge in [0.25, 0.3) is 11.8 Å². The SMILES string of the molecule is CO/N=C(\C(=O)NC1C(=O)N2C(C(=O)[O-])=C([C@H]3CC[N+](C)(C)O3)CSC12)c1csc(N)n1. The third-order valence-corrected chi connectivity index (χ3v) is 7.35. The molecule has 0 saturated carbocycles. The van der Waals surface area contributed by atoms with Crippen molar-refractivity contribution in [3.8, 4) is 0 Å². The number of hydrogen-bond donors (Lipinski definition) is 2. The van der Waals surface area contributed by atoms with Gasteiger partial charge in [-0.15, -0.1) is 23.1 Å². The third kappa shape index (κ3) is 3.94. The molecule has 1 aromatic rings. The molecule has 0 aromatic carbocycles. The Morgan fingerprint density at radius 2 is 2.22 bits per heavy atom. The largest absolute Gasteiger partial charge is 0.543 e. The number of carbonyl (C=O) groups is 3. The summed E-state index contributed by atoms with van der Waals surface area (Å²) in [6.45, 7) is 0.720. The Hall–Kier alpha value is -2.68. The van der Waals surface area contributed by atoms with E-state index in [1.54, 1.807) is 5.38 Å². The van der Waals surface area contributed by atoms with Gasteiger partial charge in [-0.3, -0.25) is 14.5 Å². The summed E-state index contributed by atoms with van der Waals surface area (Å²) in [7, 11) is 5.04. The number of rotatable bonds is 6. The first kappa shape index (κ1) is 22.5. The molecule has 3 aliphatic heterocycles. The van der Waals surface area contributed by atoms with E-state index in [0.717, 1.165) is 17.9 Å². The maximum absolute atomic E-state index is 12.9.